The van der Waals surface area contributed by atoms with E-state index in [1.807, 2.05) is 18.3 Å². The molecule has 0 saturated carbocycles. The third-order valence-corrected chi connectivity index (χ3v) is 4.79. The summed E-state index contributed by atoms with van der Waals surface area (Å²) in [4.78, 5) is 7.30. The number of imidazole rings is 1. The molecule has 2 heterocycles. The molecule has 2 aromatic heterocycles. The maximum absolute atomic E-state index is 6.02. The Morgan fingerprint density at radius 3 is 2.46 bits per heavy atom. The van der Waals surface area contributed by atoms with Gasteiger partial charge in [-0.25, -0.2) is 4.98 Å². The first kappa shape index (κ1) is 16.5. The summed E-state index contributed by atoms with van der Waals surface area (Å²) in [6.07, 6.45) is 1.98. The normalized spacial score (nSPS) is 11.5. The molecule has 1 aromatic carbocycles. The topological polar surface area (TPSA) is 46.6 Å². The van der Waals surface area contributed by atoms with Crippen LogP contribution in [0, 0.1) is 13.8 Å². The van der Waals surface area contributed by atoms with Crippen molar-refractivity contribution in [2.75, 3.05) is 18.8 Å². The van der Waals surface area contributed by atoms with Crippen LogP contribution < -0.4 is 5.73 Å². The van der Waals surface area contributed by atoms with Crippen molar-refractivity contribution in [3.8, 4) is 11.3 Å². The number of hydrogen-bond acceptors (Lipinski definition) is 3. The molecule has 0 spiro atoms. The second-order valence-corrected chi connectivity index (χ2v) is 6.36. The molecular formula is C20H26N4. The van der Waals surface area contributed by atoms with Crippen molar-refractivity contribution in [2.45, 2.75) is 34.2 Å². The zero-order chi connectivity index (χ0) is 17.3. The number of pyridine rings is 1. The van der Waals surface area contributed by atoms with E-state index in [1.54, 1.807) is 0 Å². The van der Waals surface area contributed by atoms with Crippen LogP contribution in [0.5, 0.6) is 0 Å². The highest BCUT2D eigenvalue weighted by molar-refractivity contribution is 5.68. The zero-order valence-corrected chi connectivity index (χ0v) is 15.0. The number of rotatable bonds is 5. The molecule has 0 aliphatic rings. The van der Waals surface area contributed by atoms with Crippen molar-refractivity contribution in [3.63, 3.8) is 0 Å². The Hall–Kier alpha value is -2.33. The van der Waals surface area contributed by atoms with Gasteiger partial charge in [0.15, 0.2) is 0 Å². The van der Waals surface area contributed by atoms with Crippen LogP contribution in [-0.2, 0) is 6.54 Å². The standard InChI is InChI=1S/C20H26N4/c1-5-23(6-2)13-18-20(16-8-7-14(3)15(4)11-16)22-19-10-9-17(21)12-24(18)19/h7-12H,5-6,13,21H2,1-4H3. The lowest BCUT2D eigenvalue weighted by atomic mass is 10.0. The van der Waals surface area contributed by atoms with Gasteiger partial charge in [0.05, 0.1) is 11.4 Å². The summed E-state index contributed by atoms with van der Waals surface area (Å²) in [7, 11) is 0. The van der Waals surface area contributed by atoms with Gasteiger partial charge in [-0.1, -0.05) is 26.0 Å². The quantitative estimate of drug-likeness (QED) is 0.771. The molecule has 0 atom stereocenters. The molecule has 0 aliphatic carbocycles. The molecule has 0 fully saturated rings. The van der Waals surface area contributed by atoms with Crippen LogP contribution in [0.25, 0.3) is 16.9 Å². The van der Waals surface area contributed by atoms with E-state index in [0.717, 1.165) is 36.7 Å². The minimum atomic E-state index is 0.757. The van der Waals surface area contributed by atoms with E-state index in [9.17, 15) is 0 Å². The maximum Gasteiger partial charge on any atom is 0.137 e. The van der Waals surface area contributed by atoms with Crippen LogP contribution in [0.3, 0.4) is 0 Å². The largest absolute Gasteiger partial charge is 0.398 e. The molecule has 126 valence electrons. The van der Waals surface area contributed by atoms with Gasteiger partial charge >= 0.3 is 0 Å². The van der Waals surface area contributed by atoms with Crippen molar-refractivity contribution in [2.24, 2.45) is 0 Å². The smallest absolute Gasteiger partial charge is 0.137 e. The molecule has 0 bridgehead atoms. The number of aryl methyl sites for hydroxylation is 2. The van der Waals surface area contributed by atoms with Gasteiger partial charge < -0.3 is 10.1 Å². The first-order chi connectivity index (χ1) is 11.5. The fourth-order valence-corrected chi connectivity index (χ4v) is 3.04. The minimum Gasteiger partial charge on any atom is -0.398 e. The third kappa shape index (κ3) is 3.02. The molecule has 24 heavy (non-hydrogen) atoms. The summed E-state index contributed by atoms with van der Waals surface area (Å²) in [6, 6.07) is 10.5. The Morgan fingerprint density at radius 2 is 1.79 bits per heavy atom. The fraction of sp³-hybridized carbons (Fsp3) is 0.350. The number of hydrogen-bond donors (Lipinski definition) is 1. The van der Waals surface area contributed by atoms with Crippen LogP contribution in [-0.4, -0.2) is 27.4 Å². The Balaban J connectivity index is 2.19. The molecule has 4 nitrogen and oxygen atoms in total. The van der Waals surface area contributed by atoms with Gasteiger partial charge in [-0.2, -0.15) is 0 Å². The van der Waals surface area contributed by atoms with Crippen LogP contribution in [0.1, 0.15) is 30.7 Å². The van der Waals surface area contributed by atoms with Crippen LogP contribution in [0.15, 0.2) is 36.5 Å². The van der Waals surface area contributed by atoms with E-state index < -0.39 is 0 Å². The van der Waals surface area contributed by atoms with Gasteiger partial charge in [0.2, 0.25) is 0 Å². The third-order valence-electron chi connectivity index (χ3n) is 4.79. The fourth-order valence-electron chi connectivity index (χ4n) is 3.04. The van der Waals surface area contributed by atoms with Gasteiger partial charge in [0, 0.05) is 24.0 Å². The predicted octanol–water partition coefficient (Wildman–Crippen LogP) is 4.04. The molecule has 0 aliphatic heterocycles. The Labute approximate surface area is 143 Å². The number of nitrogens with two attached hydrogens (primary N) is 1. The summed E-state index contributed by atoms with van der Waals surface area (Å²) in [5.41, 5.74) is 13.7. The van der Waals surface area contributed by atoms with Gasteiger partial charge in [-0.05, 0) is 56.3 Å². The van der Waals surface area contributed by atoms with Crippen molar-refractivity contribution >= 4 is 11.3 Å². The first-order valence-corrected chi connectivity index (χ1v) is 8.60. The number of fused-ring (bicyclic) bond motifs is 1. The Bertz CT molecular complexity index is 859. The summed E-state index contributed by atoms with van der Waals surface area (Å²) >= 11 is 0. The highest BCUT2D eigenvalue weighted by Gasteiger charge is 2.16. The van der Waals surface area contributed by atoms with E-state index in [1.165, 1.54) is 22.4 Å². The van der Waals surface area contributed by atoms with Gasteiger partial charge in [-0.3, -0.25) is 4.90 Å². The van der Waals surface area contributed by atoms with E-state index in [-0.39, 0.29) is 0 Å². The highest BCUT2D eigenvalue weighted by atomic mass is 15.1. The minimum absolute atomic E-state index is 0.757. The van der Waals surface area contributed by atoms with Crippen molar-refractivity contribution in [3.05, 3.63) is 53.3 Å². The summed E-state index contributed by atoms with van der Waals surface area (Å²) in [6.45, 7) is 11.6. The van der Waals surface area contributed by atoms with E-state index >= 15 is 0 Å². The molecule has 0 saturated heterocycles. The Morgan fingerprint density at radius 1 is 1.04 bits per heavy atom. The molecule has 0 unspecified atom stereocenters. The molecule has 0 radical (unpaired) electrons. The average Bonchev–Trinajstić information content (AvgIpc) is 2.92. The van der Waals surface area contributed by atoms with E-state index in [0.29, 0.717) is 0 Å². The lowest BCUT2D eigenvalue weighted by molar-refractivity contribution is 0.292. The second-order valence-electron chi connectivity index (χ2n) is 6.36. The molecule has 3 rings (SSSR count). The molecule has 4 heteroatoms. The maximum atomic E-state index is 6.02. The molecular weight excluding hydrogens is 296 g/mol. The van der Waals surface area contributed by atoms with Gasteiger partial charge in [-0.15, -0.1) is 0 Å². The summed E-state index contributed by atoms with van der Waals surface area (Å²) in [5.74, 6) is 0. The van der Waals surface area contributed by atoms with Crippen LogP contribution >= 0.6 is 0 Å². The van der Waals surface area contributed by atoms with E-state index in [4.69, 9.17) is 10.7 Å². The molecule has 3 aromatic rings. The number of anilines is 1. The lowest BCUT2D eigenvalue weighted by Crippen LogP contribution is -2.23. The molecule has 2 N–H and O–H groups in total. The highest BCUT2D eigenvalue weighted by Crippen LogP contribution is 2.28. The average molecular weight is 322 g/mol. The predicted molar refractivity (Wildman–Crippen MR) is 101 cm³/mol. The SMILES string of the molecule is CCN(CC)Cc1c(-c2ccc(C)c(C)c2)nc2ccc(N)cn12. The van der Waals surface area contributed by atoms with Crippen molar-refractivity contribution in [1.82, 2.24) is 14.3 Å². The number of benzene rings is 1. The van der Waals surface area contributed by atoms with Crippen molar-refractivity contribution in [1.29, 1.82) is 0 Å². The van der Waals surface area contributed by atoms with Crippen molar-refractivity contribution < 1.29 is 0 Å². The first-order valence-electron chi connectivity index (χ1n) is 8.60. The summed E-state index contributed by atoms with van der Waals surface area (Å²) < 4.78 is 2.14. The number of nitrogens with zero attached hydrogens (tertiary/aromatic N) is 3. The van der Waals surface area contributed by atoms with E-state index in [2.05, 4.69) is 55.2 Å². The Kier molecular flexibility index (Phi) is 4.58. The zero-order valence-electron chi connectivity index (χ0n) is 15.0. The number of aromatic nitrogens is 2. The summed E-state index contributed by atoms with van der Waals surface area (Å²) in [5, 5.41) is 0. The monoisotopic (exact) mass is 322 g/mol. The van der Waals surface area contributed by atoms with Crippen LogP contribution in [0.4, 0.5) is 5.69 Å². The second kappa shape index (κ2) is 6.65. The lowest BCUT2D eigenvalue weighted by Gasteiger charge is -2.19. The van der Waals surface area contributed by atoms with Gasteiger partial charge in [0.25, 0.3) is 0 Å². The van der Waals surface area contributed by atoms with Gasteiger partial charge in [0.1, 0.15) is 5.65 Å². The molecule has 0 amide bonds. The van der Waals surface area contributed by atoms with Crippen LogP contribution in [0.2, 0.25) is 0 Å². The number of nitrogen functional groups attached to an aromatic ring is 1.